The molecule has 6 N–H and O–H groups in total. The molecule has 1 unspecified atom stereocenters. The molecule has 1 amide bonds. The number of ether oxygens (including phenoxy) is 1. The van der Waals surface area contributed by atoms with Crippen LogP contribution in [0.15, 0.2) is 24.3 Å². The average molecular weight is 312 g/mol. The zero-order valence-electron chi connectivity index (χ0n) is 11.7. The molecule has 120 valence electrons. The van der Waals surface area contributed by atoms with Crippen molar-refractivity contribution in [3.63, 3.8) is 0 Å². The summed E-state index contributed by atoms with van der Waals surface area (Å²) in [6, 6.07) is 4.81. The zero-order valence-corrected chi connectivity index (χ0v) is 11.7. The van der Waals surface area contributed by atoms with E-state index in [1.165, 1.54) is 19.1 Å². The molecule has 0 aromatic heterocycles. The van der Waals surface area contributed by atoms with Gasteiger partial charge >= 0.3 is 17.9 Å². The molecular weight excluding hydrogens is 296 g/mol. The fourth-order valence-electron chi connectivity index (χ4n) is 1.19. The average Bonchev–Trinajstić information content (AvgIpc) is 2.38. The van der Waals surface area contributed by atoms with Gasteiger partial charge in [-0.05, 0) is 12.1 Å². The van der Waals surface area contributed by atoms with Crippen molar-refractivity contribution in [3.8, 4) is 5.75 Å². The first-order chi connectivity index (χ1) is 10.1. The Morgan fingerprint density at radius 3 is 2.09 bits per heavy atom. The van der Waals surface area contributed by atoms with Crippen molar-refractivity contribution in [2.75, 3.05) is 0 Å². The molecule has 0 aliphatic carbocycles. The van der Waals surface area contributed by atoms with Crippen LogP contribution in [0.4, 0.5) is 0 Å². The number of para-hydroxylation sites is 1. The number of hydrogen-bond donors (Lipinski definition) is 4. The van der Waals surface area contributed by atoms with E-state index in [2.05, 4.69) is 10.5 Å². The van der Waals surface area contributed by atoms with E-state index in [1.54, 1.807) is 12.1 Å². The number of hydrogen-bond acceptors (Lipinski definition) is 6. The van der Waals surface area contributed by atoms with E-state index in [4.69, 9.17) is 15.9 Å². The van der Waals surface area contributed by atoms with Crippen LogP contribution in [0.25, 0.3) is 0 Å². The molecule has 22 heavy (non-hydrogen) atoms. The molecule has 0 heterocycles. The number of carbonyl (C=O) groups excluding carboxylic acids is 2. The highest BCUT2D eigenvalue weighted by Gasteiger charge is 2.13. The minimum absolute atomic E-state index is 0.0160. The molecule has 1 aromatic carbocycles. The number of amides is 1. The Balaban J connectivity index is 0.000000433. The Hall–Kier alpha value is -2.94. The van der Waals surface area contributed by atoms with Gasteiger partial charge in [-0.2, -0.15) is 0 Å². The van der Waals surface area contributed by atoms with E-state index in [9.17, 15) is 19.2 Å². The summed E-state index contributed by atoms with van der Waals surface area (Å²) in [6.07, 6.45) is -0.310. The van der Waals surface area contributed by atoms with Crippen molar-refractivity contribution in [2.24, 2.45) is 11.5 Å². The van der Waals surface area contributed by atoms with Gasteiger partial charge in [-0.25, -0.2) is 4.79 Å². The highest BCUT2D eigenvalue weighted by Crippen LogP contribution is 2.17. The number of primary amides is 1. The highest BCUT2D eigenvalue weighted by atomic mass is 16.5. The fourth-order valence-corrected chi connectivity index (χ4v) is 1.19. The van der Waals surface area contributed by atoms with Crippen molar-refractivity contribution in [3.05, 3.63) is 29.8 Å². The molecule has 1 rings (SSSR count). The van der Waals surface area contributed by atoms with Crippen LogP contribution in [-0.2, 0) is 14.4 Å². The van der Waals surface area contributed by atoms with Crippen LogP contribution >= 0.6 is 0 Å². The molecule has 9 heteroatoms. The molecule has 0 saturated carbocycles. The van der Waals surface area contributed by atoms with Crippen molar-refractivity contribution in [2.45, 2.75) is 19.4 Å². The molecule has 0 saturated heterocycles. The molecule has 0 aliphatic rings. The summed E-state index contributed by atoms with van der Waals surface area (Å²) in [7, 11) is 0. The molecule has 9 nitrogen and oxygen atoms in total. The molecule has 0 fully saturated rings. The third-order valence-electron chi connectivity index (χ3n) is 2.11. The van der Waals surface area contributed by atoms with Gasteiger partial charge in [0, 0.05) is 6.92 Å². The van der Waals surface area contributed by atoms with Crippen LogP contribution in [0.5, 0.6) is 5.75 Å². The van der Waals surface area contributed by atoms with E-state index < -0.39 is 29.9 Å². The summed E-state index contributed by atoms with van der Waals surface area (Å²) >= 11 is 0. The van der Waals surface area contributed by atoms with E-state index in [1.807, 2.05) is 0 Å². The van der Waals surface area contributed by atoms with Crippen molar-refractivity contribution in [1.82, 2.24) is 0 Å². The lowest BCUT2D eigenvalue weighted by Gasteiger charge is -2.03. The second kappa shape index (κ2) is 9.08. The number of carboxylic acids is 2. The first-order valence-corrected chi connectivity index (χ1v) is 5.92. The Kier molecular flexibility index (Phi) is 7.87. The van der Waals surface area contributed by atoms with E-state index >= 15 is 0 Å². The third-order valence-corrected chi connectivity index (χ3v) is 2.11. The number of aromatic carboxylic acids is 1. The molecule has 1 aromatic rings. The Morgan fingerprint density at radius 2 is 1.73 bits per heavy atom. The Morgan fingerprint density at radius 1 is 1.18 bits per heavy atom. The van der Waals surface area contributed by atoms with Crippen molar-refractivity contribution in [1.29, 1.82) is 0 Å². The van der Waals surface area contributed by atoms with Gasteiger partial charge in [-0.3, -0.25) is 14.4 Å². The predicted octanol–water partition coefficient (Wildman–Crippen LogP) is -0.416. The highest BCUT2D eigenvalue weighted by molar-refractivity contribution is 5.91. The molecule has 0 spiro atoms. The standard InChI is InChI=1S/C9H8O4.C4H8N2O3/c1-6(10)13-8-5-3-2-4-7(8)9(11)12;5-2(4(8)9)1-3(6)7/h2-5H,1H3,(H,11,12);2H,1,5H2,(H2,6,7)(H,8,9). The Bertz CT molecular complexity index is 571. The van der Waals surface area contributed by atoms with E-state index in [0.717, 1.165) is 0 Å². The van der Waals surface area contributed by atoms with Crippen LogP contribution in [0.3, 0.4) is 0 Å². The summed E-state index contributed by atoms with van der Waals surface area (Å²) in [5.41, 5.74) is 9.55. The third kappa shape index (κ3) is 7.60. The number of carbonyl (C=O) groups is 4. The summed E-state index contributed by atoms with van der Waals surface area (Å²) in [6.45, 7) is 1.22. The quantitative estimate of drug-likeness (QED) is 0.419. The Labute approximate surface area is 125 Å². The number of nitrogens with two attached hydrogens (primary N) is 2. The zero-order chi connectivity index (χ0) is 17.3. The number of rotatable bonds is 5. The lowest BCUT2D eigenvalue weighted by molar-refractivity contribution is -0.140. The fraction of sp³-hybridized carbons (Fsp3) is 0.231. The van der Waals surface area contributed by atoms with Crippen molar-refractivity contribution < 1.29 is 34.1 Å². The van der Waals surface area contributed by atoms with Crippen LogP contribution in [0.1, 0.15) is 23.7 Å². The minimum atomic E-state index is -1.21. The van der Waals surface area contributed by atoms with Gasteiger partial charge in [-0.15, -0.1) is 0 Å². The lowest BCUT2D eigenvalue weighted by atomic mass is 10.2. The molecule has 0 aliphatic heterocycles. The maximum absolute atomic E-state index is 10.6. The largest absolute Gasteiger partial charge is 0.480 e. The topological polar surface area (TPSA) is 170 Å². The van der Waals surface area contributed by atoms with Gasteiger partial charge in [-0.1, -0.05) is 12.1 Å². The van der Waals surface area contributed by atoms with Gasteiger partial charge in [0.1, 0.15) is 17.4 Å². The summed E-state index contributed by atoms with van der Waals surface area (Å²) in [5.74, 6) is -3.49. The van der Waals surface area contributed by atoms with E-state index in [0.29, 0.717) is 0 Å². The number of aliphatic carboxylic acids is 1. The van der Waals surface area contributed by atoms with Gasteiger partial charge in [0.2, 0.25) is 5.91 Å². The monoisotopic (exact) mass is 312 g/mol. The SMILES string of the molecule is CC(=O)Oc1ccccc1C(=O)O.NC(=O)CC(N)C(=O)O. The molecule has 0 bridgehead atoms. The molecule has 0 radical (unpaired) electrons. The maximum Gasteiger partial charge on any atom is 0.339 e. The molecule has 1 atom stereocenters. The maximum atomic E-state index is 10.6. The second-order valence-electron chi connectivity index (χ2n) is 4.01. The van der Waals surface area contributed by atoms with Gasteiger partial charge in [0.25, 0.3) is 0 Å². The normalized spacial score (nSPS) is 10.6. The van der Waals surface area contributed by atoms with Crippen LogP contribution in [-0.4, -0.2) is 40.1 Å². The van der Waals surface area contributed by atoms with Gasteiger partial charge in [0.05, 0.1) is 6.42 Å². The lowest BCUT2D eigenvalue weighted by Crippen LogP contribution is -2.34. The summed E-state index contributed by atoms with van der Waals surface area (Å²) < 4.78 is 4.69. The van der Waals surface area contributed by atoms with Crippen LogP contribution < -0.4 is 16.2 Å². The van der Waals surface area contributed by atoms with Gasteiger partial charge < -0.3 is 26.4 Å². The van der Waals surface area contributed by atoms with Crippen molar-refractivity contribution >= 4 is 23.8 Å². The number of carboxylic acid groups (broad SMARTS) is 2. The second-order valence-corrected chi connectivity index (χ2v) is 4.01. The first-order valence-electron chi connectivity index (χ1n) is 5.92. The summed E-state index contributed by atoms with van der Waals surface area (Å²) in [5, 5.41) is 16.8. The van der Waals surface area contributed by atoms with E-state index in [-0.39, 0.29) is 17.7 Å². The van der Waals surface area contributed by atoms with Crippen LogP contribution in [0.2, 0.25) is 0 Å². The predicted molar refractivity (Wildman–Crippen MR) is 74.1 cm³/mol. The smallest absolute Gasteiger partial charge is 0.339 e. The summed E-state index contributed by atoms with van der Waals surface area (Å²) in [4.78, 5) is 41.1. The first kappa shape index (κ1) is 19.1. The molecular formula is C13H16N2O7. The number of esters is 1. The number of benzene rings is 1. The van der Waals surface area contributed by atoms with Gasteiger partial charge in [0.15, 0.2) is 0 Å². The van der Waals surface area contributed by atoms with Crippen LogP contribution in [0, 0.1) is 0 Å². The minimum Gasteiger partial charge on any atom is -0.480 e.